The number of hydrogen-bond donors (Lipinski definition) is 1. The van der Waals surface area contributed by atoms with Gasteiger partial charge in [-0.3, -0.25) is 0 Å². The van der Waals surface area contributed by atoms with Crippen molar-refractivity contribution in [2.75, 3.05) is 14.2 Å². The molecular formula is C18H20O3. The van der Waals surface area contributed by atoms with Crippen molar-refractivity contribution in [2.24, 2.45) is 0 Å². The predicted octanol–water partition coefficient (Wildman–Crippen LogP) is 3.68. The average Bonchev–Trinajstić information content (AvgIpc) is 2.54. The van der Waals surface area contributed by atoms with Crippen molar-refractivity contribution in [3.05, 3.63) is 53.1 Å². The Labute approximate surface area is 125 Å². The summed E-state index contributed by atoms with van der Waals surface area (Å²) in [5, 5.41) is 10.2. The van der Waals surface area contributed by atoms with Gasteiger partial charge in [0.25, 0.3) is 0 Å². The van der Waals surface area contributed by atoms with Gasteiger partial charge in [-0.25, -0.2) is 0 Å². The van der Waals surface area contributed by atoms with Crippen LogP contribution in [0.4, 0.5) is 0 Å². The normalized spacial score (nSPS) is 17.1. The fourth-order valence-electron chi connectivity index (χ4n) is 3.10. The number of hydrogen-bond acceptors (Lipinski definition) is 3. The summed E-state index contributed by atoms with van der Waals surface area (Å²) in [7, 11) is 3.31. The van der Waals surface area contributed by atoms with Crippen molar-refractivity contribution in [2.45, 2.75) is 25.2 Å². The molecular weight excluding hydrogens is 264 g/mol. The van der Waals surface area contributed by atoms with Crippen LogP contribution < -0.4 is 9.47 Å². The van der Waals surface area contributed by atoms with Gasteiger partial charge >= 0.3 is 0 Å². The van der Waals surface area contributed by atoms with Crippen LogP contribution in [0.2, 0.25) is 0 Å². The summed E-state index contributed by atoms with van der Waals surface area (Å²) in [6, 6.07) is 12.0. The van der Waals surface area contributed by atoms with Crippen LogP contribution in [0.5, 0.6) is 17.2 Å². The summed E-state index contributed by atoms with van der Waals surface area (Å²) in [6.45, 7) is 0. The zero-order chi connectivity index (χ0) is 14.8. The number of aryl methyl sites for hydroxylation is 1. The van der Waals surface area contributed by atoms with Crippen LogP contribution in [0.15, 0.2) is 36.4 Å². The molecule has 0 amide bonds. The molecule has 2 aromatic rings. The van der Waals surface area contributed by atoms with Gasteiger partial charge in [0.2, 0.25) is 0 Å². The zero-order valence-electron chi connectivity index (χ0n) is 12.4. The van der Waals surface area contributed by atoms with Crippen molar-refractivity contribution >= 4 is 0 Å². The molecule has 0 heterocycles. The molecule has 1 aliphatic rings. The molecule has 1 aliphatic carbocycles. The van der Waals surface area contributed by atoms with E-state index < -0.39 is 0 Å². The first-order valence-corrected chi connectivity index (χ1v) is 7.24. The maximum absolute atomic E-state index is 10.2. The topological polar surface area (TPSA) is 38.7 Å². The lowest BCUT2D eigenvalue weighted by Gasteiger charge is -2.26. The Kier molecular flexibility index (Phi) is 3.74. The molecule has 3 nitrogen and oxygen atoms in total. The molecule has 3 rings (SSSR count). The lowest BCUT2D eigenvalue weighted by Crippen LogP contribution is -2.13. The second kappa shape index (κ2) is 5.68. The van der Waals surface area contributed by atoms with E-state index in [-0.39, 0.29) is 0 Å². The molecule has 0 saturated carbocycles. The molecule has 0 spiro atoms. The standard InChI is InChI=1S/C18H20O3/c1-20-15-7-5-12(6-8-15)13-3-4-14-9-16(21-2)11-18(19)17(14)10-13/h5-9,11,13,19H,3-4,10H2,1-2H3/t13-/m1/s1. The van der Waals surface area contributed by atoms with E-state index in [4.69, 9.17) is 9.47 Å². The molecule has 0 fully saturated rings. The van der Waals surface area contributed by atoms with Gasteiger partial charge in [0.1, 0.15) is 17.2 Å². The van der Waals surface area contributed by atoms with Gasteiger partial charge in [-0.2, -0.15) is 0 Å². The van der Waals surface area contributed by atoms with Gasteiger partial charge in [-0.1, -0.05) is 12.1 Å². The van der Waals surface area contributed by atoms with Gasteiger partial charge in [0.05, 0.1) is 14.2 Å². The largest absolute Gasteiger partial charge is 0.508 e. The van der Waals surface area contributed by atoms with Gasteiger partial charge in [-0.15, -0.1) is 0 Å². The van der Waals surface area contributed by atoms with Crippen molar-refractivity contribution in [1.82, 2.24) is 0 Å². The molecule has 2 aromatic carbocycles. The number of fused-ring (bicyclic) bond motifs is 1. The van der Waals surface area contributed by atoms with Gasteiger partial charge in [0, 0.05) is 6.07 Å². The fraction of sp³-hybridized carbons (Fsp3) is 0.333. The Balaban J connectivity index is 1.86. The van der Waals surface area contributed by atoms with Crippen LogP contribution in [-0.4, -0.2) is 19.3 Å². The third kappa shape index (κ3) is 2.68. The highest BCUT2D eigenvalue weighted by Crippen LogP contribution is 2.39. The second-order valence-electron chi connectivity index (χ2n) is 5.50. The first-order valence-electron chi connectivity index (χ1n) is 7.24. The van der Waals surface area contributed by atoms with E-state index in [1.54, 1.807) is 20.3 Å². The number of benzene rings is 2. The molecule has 21 heavy (non-hydrogen) atoms. The van der Waals surface area contributed by atoms with E-state index in [1.165, 1.54) is 11.1 Å². The van der Waals surface area contributed by atoms with Crippen molar-refractivity contribution < 1.29 is 14.6 Å². The third-order valence-corrected chi connectivity index (χ3v) is 4.33. The minimum Gasteiger partial charge on any atom is -0.508 e. The second-order valence-corrected chi connectivity index (χ2v) is 5.50. The number of phenolic OH excluding ortho intramolecular Hbond substituents is 1. The first kappa shape index (κ1) is 13.8. The molecule has 1 N–H and O–H groups in total. The fourth-order valence-corrected chi connectivity index (χ4v) is 3.10. The summed E-state index contributed by atoms with van der Waals surface area (Å²) in [6.07, 6.45) is 2.93. The van der Waals surface area contributed by atoms with Crippen molar-refractivity contribution in [3.8, 4) is 17.2 Å². The van der Waals surface area contributed by atoms with Crippen LogP contribution in [0.25, 0.3) is 0 Å². The predicted molar refractivity (Wildman–Crippen MR) is 82.4 cm³/mol. The molecule has 0 radical (unpaired) electrons. The van der Waals surface area contributed by atoms with Crippen molar-refractivity contribution in [3.63, 3.8) is 0 Å². The number of aromatic hydroxyl groups is 1. The minimum atomic E-state index is 0.350. The maximum atomic E-state index is 10.2. The smallest absolute Gasteiger partial charge is 0.122 e. The summed E-state index contributed by atoms with van der Waals surface area (Å²) < 4.78 is 10.4. The van der Waals surface area contributed by atoms with Crippen LogP contribution in [-0.2, 0) is 12.8 Å². The molecule has 0 aromatic heterocycles. The Morgan fingerprint density at radius 2 is 1.71 bits per heavy atom. The monoisotopic (exact) mass is 284 g/mol. The Bertz CT molecular complexity index is 632. The van der Waals surface area contributed by atoms with E-state index in [0.717, 1.165) is 36.3 Å². The SMILES string of the molecule is COc1ccc([C@@H]2CCc3cc(OC)cc(O)c3C2)cc1. The number of ether oxygens (including phenoxy) is 2. The van der Waals surface area contributed by atoms with Crippen LogP contribution >= 0.6 is 0 Å². The lowest BCUT2D eigenvalue weighted by atomic mass is 9.80. The summed E-state index contributed by atoms with van der Waals surface area (Å²) in [4.78, 5) is 0. The maximum Gasteiger partial charge on any atom is 0.122 e. The van der Waals surface area contributed by atoms with E-state index in [9.17, 15) is 5.11 Å². The van der Waals surface area contributed by atoms with Crippen molar-refractivity contribution in [1.29, 1.82) is 0 Å². The number of rotatable bonds is 3. The zero-order valence-corrected chi connectivity index (χ0v) is 12.4. The molecule has 110 valence electrons. The highest BCUT2D eigenvalue weighted by Gasteiger charge is 2.23. The number of phenols is 1. The van der Waals surface area contributed by atoms with E-state index in [1.807, 2.05) is 18.2 Å². The Morgan fingerprint density at radius 1 is 1.00 bits per heavy atom. The van der Waals surface area contributed by atoms with Gasteiger partial charge in [0.15, 0.2) is 0 Å². The summed E-state index contributed by atoms with van der Waals surface area (Å²) >= 11 is 0. The van der Waals surface area contributed by atoms with Crippen LogP contribution in [0.1, 0.15) is 29.0 Å². The quantitative estimate of drug-likeness (QED) is 0.934. The Morgan fingerprint density at radius 3 is 2.38 bits per heavy atom. The molecule has 0 unspecified atom stereocenters. The lowest BCUT2D eigenvalue weighted by molar-refractivity contribution is 0.402. The van der Waals surface area contributed by atoms with E-state index in [0.29, 0.717) is 11.7 Å². The van der Waals surface area contributed by atoms with Crippen LogP contribution in [0, 0.1) is 0 Å². The Hall–Kier alpha value is -2.16. The van der Waals surface area contributed by atoms with Gasteiger partial charge < -0.3 is 14.6 Å². The van der Waals surface area contributed by atoms with E-state index in [2.05, 4.69) is 12.1 Å². The highest BCUT2D eigenvalue weighted by molar-refractivity contribution is 5.48. The molecule has 3 heteroatoms. The molecule has 1 atom stereocenters. The average molecular weight is 284 g/mol. The summed E-state index contributed by atoms with van der Waals surface area (Å²) in [5.74, 6) is 2.40. The van der Waals surface area contributed by atoms with Gasteiger partial charge in [-0.05, 0) is 60.1 Å². The summed E-state index contributed by atoms with van der Waals surface area (Å²) in [5.41, 5.74) is 3.57. The number of methoxy groups -OCH3 is 2. The molecule has 0 aliphatic heterocycles. The van der Waals surface area contributed by atoms with Crippen LogP contribution in [0.3, 0.4) is 0 Å². The molecule has 0 saturated heterocycles. The highest BCUT2D eigenvalue weighted by atomic mass is 16.5. The third-order valence-electron chi connectivity index (χ3n) is 4.33. The van der Waals surface area contributed by atoms with E-state index >= 15 is 0 Å². The minimum absolute atomic E-state index is 0.350. The first-order chi connectivity index (χ1) is 10.2. The molecule has 0 bridgehead atoms.